The van der Waals surface area contributed by atoms with Crippen LogP contribution in [0.25, 0.3) is 11.3 Å². The van der Waals surface area contributed by atoms with Gasteiger partial charge in [-0.1, -0.05) is 58.7 Å². The van der Waals surface area contributed by atoms with Gasteiger partial charge >= 0.3 is 0 Å². The van der Waals surface area contributed by atoms with E-state index in [1.54, 1.807) is 19.1 Å². The van der Waals surface area contributed by atoms with Crippen molar-refractivity contribution in [3.63, 3.8) is 0 Å². The molecule has 1 heterocycles. The van der Waals surface area contributed by atoms with E-state index in [9.17, 15) is 4.79 Å². The van der Waals surface area contributed by atoms with Gasteiger partial charge in [0.1, 0.15) is 17.0 Å². The summed E-state index contributed by atoms with van der Waals surface area (Å²) in [6.45, 7) is 4.21. The maximum Gasteiger partial charge on any atom is 0.257 e. The minimum atomic E-state index is -0.209. The van der Waals surface area contributed by atoms with Crippen LogP contribution in [0.4, 0.5) is 0 Å². The number of rotatable bonds is 4. The molecule has 1 aromatic heterocycles. The van der Waals surface area contributed by atoms with Gasteiger partial charge in [-0.15, -0.1) is 0 Å². The summed E-state index contributed by atoms with van der Waals surface area (Å²) in [6, 6.07) is 15.2. The first-order valence-corrected chi connectivity index (χ1v) is 7.98. The topological polar surface area (TPSA) is 55.1 Å². The van der Waals surface area contributed by atoms with E-state index in [0.717, 1.165) is 11.1 Å². The minimum Gasteiger partial charge on any atom is -0.360 e. The Balaban J connectivity index is 1.81. The zero-order valence-corrected chi connectivity index (χ0v) is 14.2. The Hall–Kier alpha value is -2.59. The van der Waals surface area contributed by atoms with E-state index in [0.29, 0.717) is 28.6 Å². The zero-order valence-electron chi connectivity index (χ0n) is 13.5. The molecule has 122 valence electrons. The molecular weight excluding hydrogens is 324 g/mol. The van der Waals surface area contributed by atoms with Gasteiger partial charge in [-0.25, -0.2) is 0 Å². The van der Waals surface area contributed by atoms with E-state index < -0.39 is 0 Å². The molecule has 0 spiro atoms. The summed E-state index contributed by atoms with van der Waals surface area (Å²) in [5.41, 5.74) is 3.98. The first kappa shape index (κ1) is 16.3. The summed E-state index contributed by atoms with van der Waals surface area (Å²) in [6.07, 6.45) is 0. The minimum absolute atomic E-state index is 0.209. The Morgan fingerprint density at radius 2 is 1.75 bits per heavy atom. The van der Waals surface area contributed by atoms with Gasteiger partial charge in [0.05, 0.1) is 0 Å². The van der Waals surface area contributed by atoms with Crippen molar-refractivity contribution < 1.29 is 9.32 Å². The number of carbonyl (C=O) groups excluding carboxylic acids is 1. The number of carbonyl (C=O) groups is 1. The predicted octanol–water partition coefficient (Wildman–Crippen LogP) is 4.54. The van der Waals surface area contributed by atoms with Crippen molar-refractivity contribution in [3.8, 4) is 11.3 Å². The van der Waals surface area contributed by atoms with Gasteiger partial charge in [0, 0.05) is 17.1 Å². The van der Waals surface area contributed by atoms with E-state index in [-0.39, 0.29) is 5.91 Å². The average Bonchev–Trinajstić information content (AvgIpc) is 2.96. The maximum absolute atomic E-state index is 12.6. The number of benzene rings is 2. The number of aromatic nitrogens is 1. The first-order chi connectivity index (χ1) is 11.5. The highest BCUT2D eigenvalue weighted by atomic mass is 35.5. The van der Waals surface area contributed by atoms with Crippen molar-refractivity contribution in [3.05, 3.63) is 76.0 Å². The third-order valence-corrected chi connectivity index (χ3v) is 4.03. The van der Waals surface area contributed by atoms with Gasteiger partial charge in [0.15, 0.2) is 0 Å². The van der Waals surface area contributed by atoms with E-state index >= 15 is 0 Å². The van der Waals surface area contributed by atoms with Gasteiger partial charge in [-0.2, -0.15) is 0 Å². The number of nitrogens with zero attached hydrogens (tertiary/aromatic N) is 1. The highest BCUT2D eigenvalue weighted by molar-refractivity contribution is 6.30. The largest absolute Gasteiger partial charge is 0.360 e. The Morgan fingerprint density at radius 3 is 2.42 bits per heavy atom. The van der Waals surface area contributed by atoms with Crippen LogP contribution in [0.2, 0.25) is 5.02 Å². The normalized spacial score (nSPS) is 10.6. The summed E-state index contributed by atoms with van der Waals surface area (Å²) in [7, 11) is 0. The second kappa shape index (κ2) is 6.89. The molecule has 5 heteroatoms. The Labute approximate surface area is 145 Å². The van der Waals surface area contributed by atoms with E-state index in [1.165, 1.54) is 5.56 Å². The summed E-state index contributed by atoms with van der Waals surface area (Å²) in [5, 5.41) is 7.57. The molecule has 24 heavy (non-hydrogen) atoms. The van der Waals surface area contributed by atoms with Gasteiger partial charge in [-0.05, 0) is 31.5 Å². The molecular formula is C19H17ClN2O2. The van der Waals surface area contributed by atoms with E-state index in [4.69, 9.17) is 16.1 Å². The van der Waals surface area contributed by atoms with Gasteiger partial charge < -0.3 is 9.84 Å². The molecule has 1 amide bonds. The lowest BCUT2D eigenvalue weighted by Crippen LogP contribution is -2.23. The number of aryl methyl sites for hydroxylation is 2. The number of hydrogen-bond donors (Lipinski definition) is 1. The van der Waals surface area contributed by atoms with Crippen LogP contribution in [0.3, 0.4) is 0 Å². The third kappa shape index (κ3) is 3.49. The molecule has 3 rings (SSSR count). The van der Waals surface area contributed by atoms with Crippen molar-refractivity contribution >= 4 is 17.5 Å². The van der Waals surface area contributed by atoms with Crippen molar-refractivity contribution in [2.75, 3.05) is 0 Å². The lowest BCUT2D eigenvalue weighted by molar-refractivity contribution is 0.0950. The van der Waals surface area contributed by atoms with Crippen LogP contribution in [0, 0.1) is 13.8 Å². The van der Waals surface area contributed by atoms with Crippen molar-refractivity contribution in [1.82, 2.24) is 10.5 Å². The molecule has 2 aromatic carbocycles. The second-order valence-electron chi connectivity index (χ2n) is 5.64. The van der Waals surface area contributed by atoms with Crippen LogP contribution >= 0.6 is 11.6 Å². The third-order valence-electron chi connectivity index (χ3n) is 3.78. The number of amides is 1. The zero-order chi connectivity index (χ0) is 17.1. The molecule has 0 bridgehead atoms. The quantitative estimate of drug-likeness (QED) is 0.758. The monoisotopic (exact) mass is 340 g/mol. The van der Waals surface area contributed by atoms with Gasteiger partial charge in [-0.3, -0.25) is 4.79 Å². The number of halogens is 1. The van der Waals surface area contributed by atoms with Crippen LogP contribution in [0.5, 0.6) is 0 Å². The summed E-state index contributed by atoms with van der Waals surface area (Å²) in [4.78, 5) is 12.6. The van der Waals surface area contributed by atoms with Crippen LogP contribution < -0.4 is 5.32 Å². The predicted molar refractivity (Wildman–Crippen MR) is 94.0 cm³/mol. The lowest BCUT2D eigenvalue weighted by Gasteiger charge is -2.06. The molecule has 0 radical (unpaired) electrons. The molecule has 4 nitrogen and oxygen atoms in total. The fourth-order valence-corrected chi connectivity index (χ4v) is 2.55. The second-order valence-corrected chi connectivity index (χ2v) is 6.07. The molecule has 0 aliphatic heterocycles. The van der Waals surface area contributed by atoms with E-state index in [2.05, 4.69) is 10.5 Å². The van der Waals surface area contributed by atoms with E-state index in [1.807, 2.05) is 43.3 Å². The molecule has 3 aromatic rings. The Kier molecular flexibility index (Phi) is 4.67. The highest BCUT2D eigenvalue weighted by Crippen LogP contribution is 2.26. The van der Waals surface area contributed by atoms with Crippen LogP contribution in [0.15, 0.2) is 53.1 Å². The summed E-state index contributed by atoms with van der Waals surface area (Å²) < 4.78 is 5.23. The van der Waals surface area contributed by atoms with Crippen molar-refractivity contribution in [1.29, 1.82) is 0 Å². The lowest BCUT2D eigenvalue weighted by atomic mass is 10.1. The van der Waals surface area contributed by atoms with Gasteiger partial charge in [0.25, 0.3) is 5.91 Å². The van der Waals surface area contributed by atoms with Crippen LogP contribution in [0.1, 0.15) is 27.2 Å². The van der Waals surface area contributed by atoms with Gasteiger partial charge in [0.2, 0.25) is 0 Å². The van der Waals surface area contributed by atoms with Crippen molar-refractivity contribution in [2.24, 2.45) is 0 Å². The Morgan fingerprint density at radius 1 is 1.08 bits per heavy atom. The molecule has 0 aliphatic rings. The first-order valence-electron chi connectivity index (χ1n) is 7.60. The van der Waals surface area contributed by atoms with Crippen LogP contribution in [-0.4, -0.2) is 11.1 Å². The highest BCUT2D eigenvalue weighted by Gasteiger charge is 2.21. The fourth-order valence-electron chi connectivity index (χ4n) is 2.42. The average molecular weight is 341 g/mol. The smallest absolute Gasteiger partial charge is 0.257 e. The fraction of sp³-hybridized carbons (Fsp3) is 0.158. The number of hydrogen-bond acceptors (Lipinski definition) is 3. The molecule has 0 saturated heterocycles. The summed E-state index contributed by atoms with van der Waals surface area (Å²) in [5.74, 6) is 0.278. The maximum atomic E-state index is 12.6. The summed E-state index contributed by atoms with van der Waals surface area (Å²) >= 11 is 5.91. The van der Waals surface area contributed by atoms with Crippen molar-refractivity contribution in [2.45, 2.75) is 20.4 Å². The number of nitrogens with one attached hydrogen (secondary N) is 1. The standard InChI is InChI=1S/C19H17ClN2O2/c1-12-3-5-14(6-4-12)11-21-19(23)17-13(2)24-22-18(17)15-7-9-16(20)10-8-15/h3-10H,11H2,1-2H3,(H,21,23). The Bertz CT molecular complexity index is 852. The van der Waals surface area contributed by atoms with Crippen LogP contribution in [-0.2, 0) is 6.54 Å². The molecule has 0 saturated carbocycles. The molecule has 0 aliphatic carbocycles. The SMILES string of the molecule is Cc1ccc(CNC(=O)c2c(-c3ccc(Cl)cc3)noc2C)cc1. The molecule has 1 N–H and O–H groups in total. The molecule has 0 fully saturated rings. The molecule has 0 unspecified atom stereocenters. The molecule has 0 atom stereocenters.